The van der Waals surface area contributed by atoms with E-state index in [0.717, 1.165) is 0 Å². The van der Waals surface area contributed by atoms with Crippen molar-refractivity contribution in [3.05, 3.63) is 29.3 Å². The van der Waals surface area contributed by atoms with Crippen molar-refractivity contribution in [2.45, 2.75) is 6.92 Å². The number of benzene rings is 1. The lowest BCUT2D eigenvalue weighted by molar-refractivity contribution is 0.0972. The minimum atomic E-state index is -0.516. The Morgan fingerprint density at radius 2 is 2.31 bits per heavy atom. The van der Waals surface area contributed by atoms with Crippen LogP contribution in [-0.4, -0.2) is 11.0 Å². The van der Waals surface area contributed by atoms with E-state index in [1.54, 1.807) is 19.1 Å². The van der Waals surface area contributed by atoms with Gasteiger partial charge in [0.1, 0.15) is 5.75 Å². The lowest BCUT2D eigenvalue weighted by Gasteiger charge is -2.00. The van der Waals surface area contributed by atoms with Crippen LogP contribution in [0.5, 0.6) is 5.75 Å². The lowest BCUT2D eigenvalue weighted by atomic mass is 10.1. The van der Waals surface area contributed by atoms with Gasteiger partial charge >= 0.3 is 0 Å². The predicted octanol–water partition coefficient (Wildman–Crippen LogP) is 0.911. The van der Waals surface area contributed by atoms with Gasteiger partial charge in [-0.1, -0.05) is 6.07 Å². The van der Waals surface area contributed by atoms with E-state index in [9.17, 15) is 9.90 Å². The molecule has 1 amide bonds. The molecule has 0 saturated heterocycles. The molecule has 0 aliphatic heterocycles. The minimum Gasteiger partial charge on any atom is -0.508 e. The average Bonchev–Trinajstić information content (AvgIpc) is 2.10. The molecule has 13 heavy (non-hydrogen) atoms. The molecule has 2 N–H and O–H groups in total. The number of carbonyl (C=O) groups excluding carboxylic acids is 1. The van der Waals surface area contributed by atoms with Crippen molar-refractivity contribution in [2.24, 2.45) is 0 Å². The standard InChI is InChI=1S/C9H8N2O2/c1-6-2-3-7(4-8(6)12)9(13)11-5-10/h2-4,12H,1H3,(H,11,13). The second-order valence-electron chi connectivity index (χ2n) is 2.57. The number of carbonyl (C=O) groups is 1. The van der Waals surface area contributed by atoms with E-state index in [1.807, 2.05) is 5.32 Å². The predicted molar refractivity (Wildman–Crippen MR) is 45.9 cm³/mol. The number of amides is 1. The Morgan fingerprint density at radius 1 is 1.62 bits per heavy atom. The third-order valence-corrected chi connectivity index (χ3v) is 1.64. The molecule has 0 saturated carbocycles. The van der Waals surface area contributed by atoms with Crippen molar-refractivity contribution in [1.29, 1.82) is 5.26 Å². The molecule has 0 bridgehead atoms. The molecule has 0 spiro atoms. The maximum atomic E-state index is 11.1. The van der Waals surface area contributed by atoms with E-state index < -0.39 is 5.91 Å². The van der Waals surface area contributed by atoms with Gasteiger partial charge in [-0.3, -0.25) is 10.1 Å². The molecule has 1 aromatic carbocycles. The quantitative estimate of drug-likeness (QED) is 0.493. The molecular formula is C9H8N2O2. The second-order valence-corrected chi connectivity index (χ2v) is 2.57. The maximum Gasteiger partial charge on any atom is 0.264 e. The first-order valence-corrected chi connectivity index (χ1v) is 3.64. The molecule has 0 heterocycles. The van der Waals surface area contributed by atoms with E-state index in [1.165, 1.54) is 12.3 Å². The third kappa shape index (κ3) is 1.97. The first-order valence-electron chi connectivity index (χ1n) is 3.64. The second kappa shape index (κ2) is 3.59. The van der Waals surface area contributed by atoms with Gasteiger partial charge in [0.15, 0.2) is 6.19 Å². The molecule has 0 aliphatic rings. The third-order valence-electron chi connectivity index (χ3n) is 1.64. The Balaban J connectivity index is 2.98. The van der Waals surface area contributed by atoms with Gasteiger partial charge in [0.05, 0.1) is 0 Å². The van der Waals surface area contributed by atoms with Gasteiger partial charge in [-0.15, -0.1) is 0 Å². The molecule has 0 aromatic heterocycles. The summed E-state index contributed by atoms with van der Waals surface area (Å²) in [5.41, 5.74) is 0.957. The molecule has 1 aromatic rings. The number of nitrogens with zero attached hydrogens (tertiary/aromatic N) is 1. The van der Waals surface area contributed by atoms with Crippen LogP contribution >= 0.6 is 0 Å². The van der Waals surface area contributed by atoms with Gasteiger partial charge in [0.25, 0.3) is 5.91 Å². The number of aromatic hydroxyl groups is 1. The number of phenolic OH excluding ortho intramolecular Hbond substituents is 1. The summed E-state index contributed by atoms with van der Waals surface area (Å²) in [6, 6.07) is 4.48. The van der Waals surface area contributed by atoms with E-state index >= 15 is 0 Å². The van der Waals surface area contributed by atoms with Crippen LogP contribution in [0.2, 0.25) is 0 Å². The summed E-state index contributed by atoms with van der Waals surface area (Å²) in [5.74, 6) is -0.469. The van der Waals surface area contributed by atoms with Gasteiger partial charge in [-0.2, -0.15) is 5.26 Å². The summed E-state index contributed by atoms with van der Waals surface area (Å²) in [4.78, 5) is 11.1. The van der Waals surface area contributed by atoms with E-state index in [-0.39, 0.29) is 11.3 Å². The van der Waals surface area contributed by atoms with Crippen LogP contribution in [0.1, 0.15) is 15.9 Å². The number of phenols is 1. The van der Waals surface area contributed by atoms with Crippen molar-refractivity contribution >= 4 is 5.91 Å². The summed E-state index contributed by atoms with van der Waals surface area (Å²) in [6.07, 6.45) is 1.52. The lowest BCUT2D eigenvalue weighted by Crippen LogP contribution is -2.16. The molecule has 0 radical (unpaired) electrons. The van der Waals surface area contributed by atoms with E-state index in [0.29, 0.717) is 5.56 Å². The van der Waals surface area contributed by atoms with Crippen LogP contribution < -0.4 is 5.32 Å². The fourth-order valence-corrected chi connectivity index (χ4v) is 0.874. The van der Waals surface area contributed by atoms with Crippen LogP contribution in [-0.2, 0) is 0 Å². The Bertz CT molecular complexity index is 380. The Kier molecular flexibility index (Phi) is 2.50. The Morgan fingerprint density at radius 3 is 2.85 bits per heavy atom. The van der Waals surface area contributed by atoms with Crippen molar-refractivity contribution < 1.29 is 9.90 Å². The van der Waals surface area contributed by atoms with Crippen LogP contribution in [0, 0.1) is 18.4 Å². The van der Waals surface area contributed by atoms with E-state index in [4.69, 9.17) is 5.26 Å². The summed E-state index contributed by atoms with van der Waals surface area (Å²) in [5, 5.41) is 19.4. The molecule has 0 fully saturated rings. The van der Waals surface area contributed by atoms with Crippen molar-refractivity contribution in [1.82, 2.24) is 5.32 Å². The molecule has 1 rings (SSSR count). The molecule has 0 unspecified atom stereocenters. The number of nitrogens with one attached hydrogen (secondary N) is 1. The SMILES string of the molecule is Cc1ccc(C(=O)NC#N)cc1O. The van der Waals surface area contributed by atoms with Gasteiger partial charge in [0, 0.05) is 5.56 Å². The van der Waals surface area contributed by atoms with Crippen LogP contribution in [0.4, 0.5) is 0 Å². The number of hydrogen-bond donors (Lipinski definition) is 2. The number of rotatable bonds is 1. The smallest absolute Gasteiger partial charge is 0.264 e. The highest BCUT2D eigenvalue weighted by Crippen LogP contribution is 2.16. The number of aryl methyl sites for hydroxylation is 1. The average molecular weight is 176 g/mol. The zero-order valence-electron chi connectivity index (χ0n) is 7.03. The highest BCUT2D eigenvalue weighted by Gasteiger charge is 2.05. The van der Waals surface area contributed by atoms with Crippen LogP contribution in [0.15, 0.2) is 18.2 Å². The highest BCUT2D eigenvalue weighted by molar-refractivity contribution is 5.95. The van der Waals surface area contributed by atoms with Gasteiger partial charge < -0.3 is 5.11 Å². The number of nitriles is 1. The normalized spacial score (nSPS) is 8.92. The summed E-state index contributed by atoms with van der Waals surface area (Å²) in [7, 11) is 0. The molecular weight excluding hydrogens is 168 g/mol. The fourth-order valence-electron chi connectivity index (χ4n) is 0.874. The highest BCUT2D eigenvalue weighted by atomic mass is 16.3. The molecule has 4 heteroatoms. The summed E-state index contributed by atoms with van der Waals surface area (Å²) >= 11 is 0. The summed E-state index contributed by atoms with van der Waals surface area (Å²) < 4.78 is 0. The van der Waals surface area contributed by atoms with Crippen molar-refractivity contribution in [2.75, 3.05) is 0 Å². The van der Waals surface area contributed by atoms with Gasteiger partial charge in [-0.05, 0) is 24.6 Å². The minimum absolute atomic E-state index is 0.0468. The molecule has 0 atom stereocenters. The molecule has 0 aliphatic carbocycles. The topological polar surface area (TPSA) is 73.1 Å². The van der Waals surface area contributed by atoms with Crippen molar-refractivity contribution in [3.63, 3.8) is 0 Å². The maximum absolute atomic E-state index is 11.1. The van der Waals surface area contributed by atoms with Crippen molar-refractivity contribution in [3.8, 4) is 11.9 Å². The zero-order valence-corrected chi connectivity index (χ0v) is 7.03. The Labute approximate surface area is 75.4 Å². The summed E-state index contributed by atoms with van der Waals surface area (Å²) in [6.45, 7) is 1.72. The fraction of sp³-hybridized carbons (Fsp3) is 0.111. The van der Waals surface area contributed by atoms with Crippen LogP contribution in [0.3, 0.4) is 0 Å². The number of hydrogen-bond acceptors (Lipinski definition) is 3. The van der Waals surface area contributed by atoms with Gasteiger partial charge in [0.2, 0.25) is 0 Å². The van der Waals surface area contributed by atoms with Gasteiger partial charge in [-0.25, -0.2) is 0 Å². The first kappa shape index (κ1) is 9.07. The molecule has 66 valence electrons. The van der Waals surface area contributed by atoms with E-state index in [2.05, 4.69) is 0 Å². The zero-order chi connectivity index (χ0) is 9.84. The monoisotopic (exact) mass is 176 g/mol. The Hall–Kier alpha value is -2.02. The molecule has 4 nitrogen and oxygen atoms in total. The first-order chi connectivity index (χ1) is 6.15. The largest absolute Gasteiger partial charge is 0.508 e. The van der Waals surface area contributed by atoms with Crippen LogP contribution in [0.25, 0.3) is 0 Å².